The van der Waals surface area contributed by atoms with Gasteiger partial charge in [-0.15, -0.1) is 0 Å². The van der Waals surface area contributed by atoms with E-state index >= 15 is 0 Å². The van der Waals surface area contributed by atoms with E-state index in [4.69, 9.17) is 4.74 Å². The molecule has 1 saturated heterocycles. The third-order valence-electron chi connectivity index (χ3n) is 6.40. The van der Waals surface area contributed by atoms with Gasteiger partial charge in [-0.05, 0) is 86.8 Å². The summed E-state index contributed by atoms with van der Waals surface area (Å²) in [5.74, 6) is 0.940. The van der Waals surface area contributed by atoms with Crippen LogP contribution in [0.4, 0.5) is 10.5 Å². The molecule has 3 aromatic carbocycles. The molecule has 1 aliphatic rings. The normalized spacial score (nSPS) is 13.3. The fourth-order valence-corrected chi connectivity index (χ4v) is 4.14. The molecule has 0 radical (unpaired) electrons. The van der Waals surface area contributed by atoms with Crippen molar-refractivity contribution in [3.63, 3.8) is 0 Å². The van der Waals surface area contributed by atoms with Gasteiger partial charge < -0.3 is 25.6 Å². The fourth-order valence-electron chi connectivity index (χ4n) is 4.14. The molecule has 7 nitrogen and oxygen atoms in total. The first-order valence-electron chi connectivity index (χ1n) is 12.5. The predicted molar refractivity (Wildman–Crippen MR) is 143 cm³/mol. The summed E-state index contributed by atoms with van der Waals surface area (Å²) >= 11 is 0. The van der Waals surface area contributed by atoms with E-state index < -0.39 is 0 Å². The number of ether oxygens (including phenoxy) is 1. The topological polar surface area (TPSA) is 82.7 Å². The Balaban J connectivity index is 1.47. The SMILES string of the molecule is Cc1ccc(Oc2ccc(C(=O)NCCN3CCCC3)cc2NC(=O)NCc2ccccc2)cc1C. The lowest BCUT2D eigenvalue weighted by molar-refractivity contribution is 0.0949. The lowest BCUT2D eigenvalue weighted by Crippen LogP contribution is -2.33. The summed E-state index contributed by atoms with van der Waals surface area (Å²) in [6.07, 6.45) is 2.44. The number of nitrogens with zero attached hydrogens (tertiary/aromatic N) is 1. The molecule has 4 rings (SSSR count). The molecule has 1 heterocycles. The molecule has 0 atom stereocenters. The first kappa shape index (κ1) is 25.3. The number of aryl methyl sites for hydroxylation is 2. The summed E-state index contributed by atoms with van der Waals surface area (Å²) in [6, 6.07) is 20.2. The van der Waals surface area contributed by atoms with Crippen LogP contribution in [0, 0.1) is 13.8 Å². The molecule has 3 N–H and O–H groups in total. The summed E-state index contributed by atoms with van der Waals surface area (Å²) < 4.78 is 6.11. The smallest absolute Gasteiger partial charge is 0.319 e. The van der Waals surface area contributed by atoms with E-state index in [9.17, 15) is 9.59 Å². The Hall–Kier alpha value is -3.84. The highest BCUT2D eigenvalue weighted by atomic mass is 16.5. The lowest BCUT2D eigenvalue weighted by atomic mass is 10.1. The van der Waals surface area contributed by atoms with Crippen LogP contribution < -0.4 is 20.7 Å². The number of likely N-dealkylation sites (tertiary alicyclic amines) is 1. The van der Waals surface area contributed by atoms with Gasteiger partial charge in [-0.2, -0.15) is 0 Å². The van der Waals surface area contributed by atoms with Gasteiger partial charge in [0.1, 0.15) is 5.75 Å². The zero-order valence-corrected chi connectivity index (χ0v) is 21.0. The van der Waals surface area contributed by atoms with Crippen LogP contribution >= 0.6 is 0 Å². The maximum absolute atomic E-state index is 12.8. The number of rotatable bonds is 9. The maximum Gasteiger partial charge on any atom is 0.319 e. The quantitative estimate of drug-likeness (QED) is 0.386. The molecule has 0 bridgehead atoms. The first-order chi connectivity index (χ1) is 17.5. The second kappa shape index (κ2) is 12.2. The average Bonchev–Trinajstić information content (AvgIpc) is 3.40. The van der Waals surface area contributed by atoms with Gasteiger partial charge in [-0.25, -0.2) is 4.79 Å². The van der Waals surface area contributed by atoms with Crippen LogP contribution in [0.25, 0.3) is 0 Å². The summed E-state index contributed by atoms with van der Waals surface area (Å²) in [5.41, 5.74) is 4.15. The van der Waals surface area contributed by atoms with Crippen LogP contribution in [0.3, 0.4) is 0 Å². The van der Waals surface area contributed by atoms with Crippen molar-refractivity contribution >= 4 is 17.6 Å². The lowest BCUT2D eigenvalue weighted by Gasteiger charge is -2.16. The van der Waals surface area contributed by atoms with Crippen molar-refractivity contribution in [1.29, 1.82) is 0 Å². The highest BCUT2D eigenvalue weighted by Gasteiger charge is 2.15. The van der Waals surface area contributed by atoms with Gasteiger partial charge in [-0.3, -0.25) is 4.79 Å². The van der Waals surface area contributed by atoms with E-state index in [0.717, 1.165) is 30.8 Å². The number of amides is 3. The summed E-state index contributed by atoms with van der Waals surface area (Å²) in [7, 11) is 0. The fraction of sp³-hybridized carbons (Fsp3) is 0.310. The molecule has 3 aromatic rings. The van der Waals surface area contributed by atoms with Gasteiger partial charge in [-0.1, -0.05) is 36.4 Å². The highest BCUT2D eigenvalue weighted by molar-refractivity contribution is 5.98. The van der Waals surface area contributed by atoms with E-state index in [1.165, 1.54) is 18.4 Å². The van der Waals surface area contributed by atoms with E-state index in [1.807, 2.05) is 62.4 Å². The molecule has 0 unspecified atom stereocenters. The Bertz CT molecular complexity index is 1190. The Morgan fingerprint density at radius 2 is 1.67 bits per heavy atom. The summed E-state index contributed by atoms with van der Waals surface area (Å²) in [4.78, 5) is 27.9. The second-order valence-electron chi connectivity index (χ2n) is 9.16. The molecule has 3 amide bonds. The van der Waals surface area contributed by atoms with Crippen LogP contribution in [0.15, 0.2) is 66.7 Å². The van der Waals surface area contributed by atoms with Crippen LogP contribution in [-0.2, 0) is 6.54 Å². The monoisotopic (exact) mass is 486 g/mol. The van der Waals surface area contributed by atoms with E-state index in [-0.39, 0.29) is 11.9 Å². The van der Waals surface area contributed by atoms with Gasteiger partial charge in [0, 0.05) is 25.2 Å². The number of nitrogens with one attached hydrogen (secondary N) is 3. The summed E-state index contributed by atoms with van der Waals surface area (Å²) in [5, 5.41) is 8.70. The molecule has 0 aromatic heterocycles. The number of benzene rings is 3. The minimum Gasteiger partial charge on any atom is -0.455 e. The van der Waals surface area contributed by atoms with Crippen molar-refractivity contribution in [1.82, 2.24) is 15.5 Å². The van der Waals surface area contributed by atoms with Gasteiger partial charge >= 0.3 is 6.03 Å². The largest absolute Gasteiger partial charge is 0.455 e. The standard InChI is InChI=1S/C29H34N4O3/c1-21-10-12-25(18-22(21)2)36-27-13-11-24(28(34)30-14-17-33-15-6-7-16-33)19-26(27)32-29(35)31-20-23-8-4-3-5-9-23/h3-5,8-13,18-19H,6-7,14-17,20H2,1-2H3,(H,30,34)(H2,31,32,35). The first-order valence-corrected chi connectivity index (χ1v) is 12.5. The molecule has 1 fully saturated rings. The van der Waals surface area contributed by atoms with E-state index in [1.54, 1.807) is 18.2 Å². The van der Waals surface area contributed by atoms with E-state index in [0.29, 0.717) is 35.8 Å². The molecule has 0 spiro atoms. The van der Waals surface area contributed by atoms with Crippen LogP contribution in [0.1, 0.15) is 39.9 Å². The molecule has 36 heavy (non-hydrogen) atoms. The van der Waals surface area contributed by atoms with Crippen LogP contribution in [0.5, 0.6) is 11.5 Å². The van der Waals surface area contributed by atoms with Crippen molar-refractivity contribution < 1.29 is 14.3 Å². The van der Waals surface area contributed by atoms with Gasteiger partial charge in [0.25, 0.3) is 5.91 Å². The molecule has 1 aliphatic heterocycles. The minimum absolute atomic E-state index is 0.181. The third kappa shape index (κ3) is 7.09. The van der Waals surface area contributed by atoms with Crippen molar-refractivity contribution in [3.8, 4) is 11.5 Å². The Morgan fingerprint density at radius 1 is 0.889 bits per heavy atom. The number of urea groups is 1. The number of carbonyl (C=O) groups excluding carboxylic acids is 2. The molecular formula is C29H34N4O3. The van der Waals surface area contributed by atoms with E-state index in [2.05, 4.69) is 20.9 Å². The zero-order chi connectivity index (χ0) is 25.3. The van der Waals surface area contributed by atoms with Crippen LogP contribution in [-0.4, -0.2) is 43.0 Å². The zero-order valence-electron chi connectivity index (χ0n) is 21.0. The number of hydrogen-bond donors (Lipinski definition) is 3. The highest BCUT2D eigenvalue weighted by Crippen LogP contribution is 2.31. The van der Waals surface area contributed by atoms with Gasteiger partial charge in [0.15, 0.2) is 5.75 Å². The minimum atomic E-state index is -0.379. The van der Waals surface area contributed by atoms with Crippen molar-refractivity contribution in [2.24, 2.45) is 0 Å². The molecular weight excluding hydrogens is 452 g/mol. The van der Waals surface area contributed by atoms with Gasteiger partial charge in [0.05, 0.1) is 5.69 Å². The number of carbonyl (C=O) groups is 2. The van der Waals surface area contributed by atoms with Crippen molar-refractivity contribution in [2.75, 3.05) is 31.5 Å². The Labute approximate surface area is 212 Å². The van der Waals surface area contributed by atoms with Crippen LogP contribution in [0.2, 0.25) is 0 Å². The molecule has 7 heteroatoms. The van der Waals surface area contributed by atoms with Crippen molar-refractivity contribution in [3.05, 3.63) is 89.0 Å². The predicted octanol–water partition coefficient (Wildman–Crippen LogP) is 5.24. The maximum atomic E-state index is 12.8. The number of hydrogen-bond acceptors (Lipinski definition) is 4. The Kier molecular flexibility index (Phi) is 8.57. The molecule has 188 valence electrons. The third-order valence-corrected chi connectivity index (χ3v) is 6.40. The molecule has 0 saturated carbocycles. The summed E-state index contributed by atoms with van der Waals surface area (Å²) in [6.45, 7) is 8.05. The molecule has 0 aliphatic carbocycles. The Morgan fingerprint density at radius 3 is 2.42 bits per heavy atom. The van der Waals surface area contributed by atoms with Gasteiger partial charge in [0.2, 0.25) is 0 Å². The average molecular weight is 487 g/mol. The van der Waals surface area contributed by atoms with Crippen molar-refractivity contribution in [2.45, 2.75) is 33.2 Å². The number of anilines is 1. The second-order valence-corrected chi connectivity index (χ2v) is 9.16.